The lowest BCUT2D eigenvalue weighted by atomic mass is 10.3. The second kappa shape index (κ2) is 6.89. The number of ether oxygens (including phenoxy) is 2. The topological polar surface area (TPSA) is 38.8 Å². The Hall–Kier alpha value is -1.71. The average Bonchev–Trinajstić information content (AvgIpc) is 2.40. The molecule has 0 saturated carbocycles. The fraction of sp³-hybridized carbons (Fsp3) is 0.500. The van der Waals surface area contributed by atoms with E-state index in [1.807, 2.05) is 26.0 Å². The predicted octanol–water partition coefficient (Wildman–Crippen LogP) is 2.33. The minimum absolute atomic E-state index is 0.0100. The molecular weight excluding hydrogens is 230 g/mol. The molecule has 100 valence electrons. The van der Waals surface area contributed by atoms with Crippen molar-refractivity contribution in [1.29, 1.82) is 0 Å². The van der Waals surface area contributed by atoms with Crippen LogP contribution in [-0.4, -0.2) is 37.1 Å². The molecule has 0 bridgehead atoms. The van der Waals surface area contributed by atoms with E-state index in [9.17, 15) is 4.79 Å². The van der Waals surface area contributed by atoms with Gasteiger partial charge < -0.3 is 14.4 Å². The molecule has 0 unspecified atom stereocenters. The van der Waals surface area contributed by atoms with Crippen LogP contribution in [0.1, 0.15) is 20.8 Å². The van der Waals surface area contributed by atoms with Gasteiger partial charge in [-0.3, -0.25) is 4.79 Å². The van der Waals surface area contributed by atoms with E-state index in [2.05, 4.69) is 0 Å². The first-order valence-electron chi connectivity index (χ1n) is 6.21. The lowest BCUT2D eigenvalue weighted by Gasteiger charge is -2.23. The van der Waals surface area contributed by atoms with E-state index in [4.69, 9.17) is 9.47 Å². The zero-order chi connectivity index (χ0) is 13.5. The standard InChI is InChI=1S/C14H21NO3/c1-5-15(6-2)14(16)11(3)18-13-9-7-12(17-4)8-10-13/h7-11H,5-6H2,1-4H3/t11-/m1/s1. The van der Waals surface area contributed by atoms with Crippen LogP contribution < -0.4 is 9.47 Å². The molecule has 0 fully saturated rings. The van der Waals surface area contributed by atoms with Crippen LogP contribution in [-0.2, 0) is 4.79 Å². The second-order valence-corrected chi connectivity index (χ2v) is 3.95. The fourth-order valence-electron chi connectivity index (χ4n) is 1.70. The van der Waals surface area contributed by atoms with Gasteiger partial charge in [-0.15, -0.1) is 0 Å². The van der Waals surface area contributed by atoms with Gasteiger partial charge >= 0.3 is 0 Å². The molecule has 0 radical (unpaired) electrons. The molecule has 0 aliphatic carbocycles. The van der Waals surface area contributed by atoms with E-state index in [-0.39, 0.29) is 5.91 Å². The Kier molecular flexibility index (Phi) is 5.49. The highest BCUT2D eigenvalue weighted by Crippen LogP contribution is 2.18. The van der Waals surface area contributed by atoms with Crippen LogP contribution in [0.3, 0.4) is 0 Å². The van der Waals surface area contributed by atoms with Gasteiger partial charge in [-0.25, -0.2) is 0 Å². The van der Waals surface area contributed by atoms with Crippen LogP contribution in [0.5, 0.6) is 11.5 Å². The molecule has 0 heterocycles. The first kappa shape index (κ1) is 14.4. The van der Waals surface area contributed by atoms with Crippen molar-refractivity contribution in [2.75, 3.05) is 20.2 Å². The van der Waals surface area contributed by atoms with Crippen molar-refractivity contribution in [3.05, 3.63) is 24.3 Å². The van der Waals surface area contributed by atoms with Crippen molar-refractivity contribution in [1.82, 2.24) is 4.90 Å². The molecule has 0 aromatic heterocycles. The Morgan fingerprint density at radius 3 is 2.11 bits per heavy atom. The van der Waals surface area contributed by atoms with Gasteiger partial charge in [0.2, 0.25) is 0 Å². The minimum atomic E-state index is -0.474. The molecule has 18 heavy (non-hydrogen) atoms. The van der Waals surface area contributed by atoms with E-state index in [1.165, 1.54) is 0 Å². The maximum atomic E-state index is 12.0. The molecule has 1 rings (SSSR count). The third-order valence-corrected chi connectivity index (χ3v) is 2.80. The molecule has 0 saturated heterocycles. The van der Waals surface area contributed by atoms with Crippen LogP contribution >= 0.6 is 0 Å². The third kappa shape index (κ3) is 3.65. The zero-order valence-electron chi connectivity index (χ0n) is 11.5. The molecule has 0 spiro atoms. The second-order valence-electron chi connectivity index (χ2n) is 3.95. The first-order valence-corrected chi connectivity index (χ1v) is 6.21. The molecule has 4 heteroatoms. The number of hydrogen-bond acceptors (Lipinski definition) is 3. The number of carbonyl (C=O) groups is 1. The normalized spacial score (nSPS) is 11.8. The summed E-state index contributed by atoms with van der Waals surface area (Å²) < 4.78 is 10.7. The minimum Gasteiger partial charge on any atom is -0.497 e. The molecule has 1 atom stereocenters. The van der Waals surface area contributed by atoms with Crippen LogP contribution in [0, 0.1) is 0 Å². The summed E-state index contributed by atoms with van der Waals surface area (Å²) in [7, 11) is 1.61. The van der Waals surface area contributed by atoms with Crippen molar-refractivity contribution in [3.63, 3.8) is 0 Å². The van der Waals surface area contributed by atoms with E-state index >= 15 is 0 Å². The molecule has 1 aromatic rings. The predicted molar refractivity (Wildman–Crippen MR) is 71.0 cm³/mol. The number of carbonyl (C=O) groups excluding carboxylic acids is 1. The van der Waals surface area contributed by atoms with Crippen molar-refractivity contribution in [2.24, 2.45) is 0 Å². The van der Waals surface area contributed by atoms with Crippen molar-refractivity contribution in [3.8, 4) is 11.5 Å². The summed E-state index contributed by atoms with van der Waals surface area (Å²) in [6.45, 7) is 7.09. The van der Waals surface area contributed by atoms with Gasteiger partial charge in [-0.1, -0.05) is 0 Å². The number of amides is 1. The number of rotatable bonds is 6. The Balaban J connectivity index is 2.62. The van der Waals surface area contributed by atoms with E-state index in [0.29, 0.717) is 18.8 Å². The summed E-state index contributed by atoms with van der Waals surface area (Å²) in [5, 5.41) is 0. The zero-order valence-corrected chi connectivity index (χ0v) is 11.5. The molecule has 1 aromatic carbocycles. The van der Waals surface area contributed by atoms with Gasteiger partial charge in [0.25, 0.3) is 5.91 Å². The average molecular weight is 251 g/mol. The highest BCUT2D eigenvalue weighted by atomic mass is 16.5. The molecule has 1 amide bonds. The summed E-state index contributed by atoms with van der Waals surface area (Å²) in [4.78, 5) is 13.8. The number of nitrogens with zero attached hydrogens (tertiary/aromatic N) is 1. The van der Waals surface area contributed by atoms with Gasteiger partial charge in [-0.05, 0) is 45.0 Å². The van der Waals surface area contributed by atoms with E-state index in [0.717, 1.165) is 5.75 Å². The number of hydrogen-bond donors (Lipinski definition) is 0. The molecule has 0 N–H and O–H groups in total. The van der Waals surface area contributed by atoms with E-state index < -0.39 is 6.10 Å². The Morgan fingerprint density at radius 1 is 1.17 bits per heavy atom. The van der Waals surface area contributed by atoms with Crippen molar-refractivity contribution >= 4 is 5.91 Å². The Morgan fingerprint density at radius 2 is 1.67 bits per heavy atom. The quantitative estimate of drug-likeness (QED) is 0.779. The summed E-state index contributed by atoms with van der Waals surface area (Å²) in [6, 6.07) is 7.21. The van der Waals surface area contributed by atoms with Crippen LogP contribution in [0.25, 0.3) is 0 Å². The molecule has 4 nitrogen and oxygen atoms in total. The SMILES string of the molecule is CCN(CC)C(=O)[C@@H](C)Oc1ccc(OC)cc1. The summed E-state index contributed by atoms with van der Waals surface area (Å²) in [5.41, 5.74) is 0. The fourth-order valence-corrected chi connectivity index (χ4v) is 1.70. The molecular formula is C14H21NO3. The van der Waals surface area contributed by atoms with Crippen LogP contribution in [0.15, 0.2) is 24.3 Å². The number of likely N-dealkylation sites (N-methyl/N-ethyl adjacent to an activating group) is 1. The van der Waals surface area contributed by atoms with Gasteiger partial charge in [-0.2, -0.15) is 0 Å². The molecule has 0 aliphatic heterocycles. The summed E-state index contributed by atoms with van der Waals surface area (Å²) in [6.07, 6.45) is -0.474. The molecule has 0 aliphatic rings. The summed E-state index contributed by atoms with van der Waals surface area (Å²) >= 11 is 0. The maximum Gasteiger partial charge on any atom is 0.263 e. The van der Waals surface area contributed by atoms with Crippen molar-refractivity contribution in [2.45, 2.75) is 26.9 Å². The summed E-state index contributed by atoms with van der Waals surface area (Å²) in [5.74, 6) is 1.45. The smallest absolute Gasteiger partial charge is 0.263 e. The highest BCUT2D eigenvalue weighted by molar-refractivity contribution is 5.80. The van der Waals surface area contributed by atoms with Crippen molar-refractivity contribution < 1.29 is 14.3 Å². The highest BCUT2D eigenvalue weighted by Gasteiger charge is 2.19. The largest absolute Gasteiger partial charge is 0.497 e. The van der Waals surface area contributed by atoms with E-state index in [1.54, 1.807) is 31.1 Å². The lowest BCUT2D eigenvalue weighted by Crippen LogP contribution is -2.40. The van der Waals surface area contributed by atoms with Gasteiger partial charge in [0.1, 0.15) is 11.5 Å². The van der Waals surface area contributed by atoms with Crippen LogP contribution in [0.4, 0.5) is 0 Å². The number of methoxy groups -OCH3 is 1. The van der Waals surface area contributed by atoms with Gasteiger partial charge in [0, 0.05) is 13.1 Å². The van der Waals surface area contributed by atoms with Gasteiger partial charge in [0.15, 0.2) is 6.10 Å². The Labute approximate surface area is 108 Å². The van der Waals surface area contributed by atoms with Gasteiger partial charge in [0.05, 0.1) is 7.11 Å². The maximum absolute atomic E-state index is 12.0. The first-order chi connectivity index (χ1) is 8.62. The van der Waals surface area contributed by atoms with Crippen LogP contribution in [0.2, 0.25) is 0 Å². The lowest BCUT2D eigenvalue weighted by molar-refractivity contribution is -0.137. The third-order valence-electron chi connectivity index (χ3n) is 2.80. The number of benzene rings is 1. The Bertz CT molecular complexity index is 371. The monoisotopic (exact) mass is 251 g/mol.